The van der Waals surface area contributed by atoms with Crippen LogP contribution >= 0.6 is 0 Å². The maximum absolute atomic E-state index is 6.25. The molecule has 0 saturated heterocycles. The van der Waals surface area contributed by atoms with Gasteiger partial charge in [-0.3, -0.25) is 0 Å². The minimum atomic E-state index is 0. The van der Waals surface area contributed by atoms with E-state index in [1.165, 1.54) is 0 Å². The quantitative estimate of drug-likeness (QED) is 0.317. The van der Waals surface area contributed by atoms with Crippen LogP contribution in [0.4, 0.5) is 0 Å². The number of nitrogens with zero attached hydrogens (tertiary/aromatic N) is 6. The van der Waals surface area contributed by atoms with Crippen LogP contribution in [-0.4, -0.2) is 5.48 Å². The first kappa shape index (κ1) is 114. The average molecular weight is 302 g/mol. The second-order valence-corrected chi connectivity index (χ2v) is 0. The third kappa shape index (κ3) is 19400. The third-order valence-corrected chi connectivity index (χ3v) is 0. The van der Waals surface area contributed by atoms with Crippen molar-refractivity contribution in [3.63, 3.8) is 0 Å². The molecule has 0 spiro atoms. The van der Waals surface area contributed by atoms with Gasteiger partial charge in [0.2, 0.25) is 0 Å². The molecule has 0 heterocycles. The molecular formula is C6H5FeN6Na3O. The van der Waals surface area contributed by atoms with Crippen LogP contribution in [0.25, 0.3) is 0 Å². The summed E-state index contributed by atoms with van der Waals surface area (Å²) < 4.78 is 0. The zero-order valence-electron chi connectivity index (χ0n) is 12.5. The molecule has 0 rings (SSSR count). The first-order valence-corrected chi connectivity index (χ1v) is 1.34. The second-order valence-electron chi connectivity index (χ2n) is 0. The van der Waals surface area contributed by atoms with Gasteiger partial charge < -0.3 is 80.8 Å². The summed E-state index contributed by atoms with van der Waals surface area (Å²) in [7, 11) is 0. The van der Waals surface area contributed by atoms with Gasteiger partial charge in [-0.1, -0.05) is 0 Å². The first-order chi connectivity index (χ1) is 6.00. The molecule has 0 aliphatic carbocycles. The Morgan fingerprint density at radius 2 is 0.412 bits per heavy atom. The maximum atomic E-state index is 6.25. The van der Waals surface area contributed by atoms with E-state index < -0.39 is 0 Å². The van der Waals surface area contributed by atoms with Gasteiger partial charge in [0.25, 0.3) is 0 Å². The first-order valence-electron chi connectivity index (χ1n) is 1.34. The van der Waals surface area contributed by atoms with Crippen LogP contribution in [0, 0.1) is 71.0 Å². The number of rotatable bonds is 0. The summed E-state index contributed by atoms with van der Waals surface area (Å²) >= 11 is 0. The van der Waals surface area contributed by atoms with E-state index in [9.17, 15) is 0 Å². The van der Waals surface area contributed by atoms with Crippen molar-refractivity contribution in [1.29, 1.82) is 31.6 Å². The maximum Gasteiger partial charge on any atom is 6.00 e. The van der Waals surface area contributed by atoms with Crippen LogP contribution in [-0.2, 0) is 17.1 Å². The van der Waals surface area contributed by atoms with Crippen LogP contribution in [0.15, 0.2) is 0 Å². The molecule has 0 fully saturated rings. The van der Waals surface area contributed by atoms with E-state index in [1.54, 1.807) is 0 Å². The molecule has 0 amide bonds. The van der Waals surface area contributed by atoms with Gasteiger partial charge in [0.15, 0.2) is 0 Å². The van der Waals surface area contributed by atoms with Crippen molar-refractivity contribution < 1.29 is 115 Å². The molecule has 0 aromatic rings. The standard InChI is InChI=1S/6CN.Fe.3Na.H2O.3H/c6*1-2;;;;;;;;/h;;;;;;;;;;1H2;;;/q6*-1;+6;3*+1;;3*-1. The predicted octanol–water partition coefficient (Wildman–Crippen LogP) is -8.90. The van der Waals surface area contributed by atoms with Crippen molar-refractivity contribution >= 4 is 0 Å². The molecule has 7 nitrogen and oxygen atoms in total. The molecular weight excluding hydrogens is 297 g/mol. The second kappa shape index (κ2) is 22200. The van der Waals surface area contributed by atoms with Gasteiger partial charge in [0, 0.05) is 0 Å². The van der Waals surface area contributed by atoms with E-state index >= 15 is 0 Å². The molecule has 76 valence electrons. The van der Waals surface area contributed by atoms with Crippen LogP contribution < -0.4 is 88.7 Å². The monoisotopic (exact) mass is 302 g/mol. The van der Waals surface area contributed by atoms with Gasteiger partial charge in [-0.25, -0.2) is 0 Å². The van der Waals surface area contributed by atoms with Gasteiger partial charge in [0.05, 0.1) is 0 Å². The molecule has 11 heteroatoms. The summed E-state index contributed by atoms with van der Waals surface area (Å²) in [6.07, 6.45) is 0. The van der Waals surface area contributed by atoms with Crippen LogP contribution in [0.2, 0.25) is 0 Å². The Labute approximate surface area is 184 Å². The van der Waals surface area contributed by atoms with Crippen molar-refractivity contribution in [3.8, 4) is 0 Å². The fourth-order valence-corrected chi connectivity index (χ4v) is 0. The minimum absolute atomic E-state index is 0. The predicted molar refractivity (Wildman–Crippen MR) is 36.8 cm³/mol. The summed E-state index contributed by atoms with van der Waals surface area (Å²) in [6.45, 7) is 28.5. The molecule has 0 aliphatic rings. The summed E-state index contributed by atoms with van der Waals surface area (Å²) in [5, 5.41) is 37.5. The van der Waals surface area contributed by atoms with Crippen LogP contribution in [0.1, 0.15) is 4.28 Å². The average Bonchev–Trinajstić information content (AvgIpc) is 2.33. The van der Waals surface area contributed by atoms with Crippen molar-refractivity contribution in [2.45, 2.75) is 0 Å². The Morgan fingerprint density at radius 1 is 0.412 bits per heavy atom. The summed E-state index contributed by atoms with van der Waals surface area (Å²) in [5.74, 6) is 0. The van der Waals surface area contributed by atoms with Gasteiger partial charge in [-0.05, 0) is 0 Å². The van der Waals surface area contributed by atoms with E-state index in [-0.39, 0.29) is 115 Å². The molecule has 0 saturated carbocycles. The van der Waals surface area contributed by atoms with Crippen LogP contribution in [0.3, 0.4) is 0 Å². The summed E-state index contributed by atoms with van der Waals surface area (Å²) in [5.41, 5.74) is 0. The van der Waals surface area contributed by atoms with Crippen LogP contribution in [0.5, 0.6) is 0 Å². The number of hydrogen-bond acceptors (Lipinski definition) is 6. The van der Waals surface area contributed by atoms with E-state index in [0.717, 1.165) is 0 Å². The van der Waals surface area contributed by atoms with Crippen molar-refractivity contribution in [1.82, 2.24) is 0 Å². The van der Waals surface area contributed by atoms with Crippen molar-refractivity contribution in [3.05, 3.63) is 39.4 Å². The topological polar surface area (TPSA) is 174 Å². The zero-order chi connectivity index (χ0) is 12.0. The van der Waals surface area contributed by atoms with E-state index in [1.807, 2.05) is 0 Å². The van der Waals surface area contributed by atoms with Crippen molar-refractivity contribution in [2.24, 2.45) is 0 Å². The minimum Gasteiger partial charge on any atom is -1.00 e. The van der Waals surface area contributed by atoms with Gasteiger partial charge in [0.1, 0.15) is 0 Å². The Kier molecular flexibility index (Phi) is 149000. The fourth-order valence-electron chi connectivity index (χ4n) is 0. The smallest absolute Gasteiger partial charge is 1.00 e. The molecule has 0 atom stereocenters. The Hall–Kier alpha value is 0.419. The molecule has 0 aromatic heterocycles. The van der Waals surface area contributed by atoms with E-state index in [2.05, 4.69) is 0 Å². The fraction of sp³-hybridized carbons (Fsp3) is 0. The van der Waals surface area contributed by atoms with E-state index in [0.29, 0.717) is 0 Å². The summed E-state index contributed by atoms with van der Waals surface area (Å²) in [4.78, 5) is 0. The normalized spacial score (nSPS) is 0.706. The van der Waals surface area contributed by atoms with Crippen molar-refractivity contribution in [2.75, 3.05) is 0 Å². The molecule has 0 aromatic carbocycles. The van der Waals surface area contributed by atoms with E-state index in [4.69, 9.17) is 71.0 Å². The molecule has 0 radical (unpaired) electrons. The number of hydrogen-bond donors (Lipinski definition) is 0. The third-order valence-electron chi connectivity index (χ3n) is 0. The molecule has 0 bridgehead atoms. The molecule has 0 aliphatic heterocycles. The SMILES string of the molecule is O.[C-]#N.[C-]#N.[C-]#N.[C-]#N.[C-]#N.[C-]#N.[Fe+6].[H-].[H-].[H-].[Na+].[Na+].[Na+]. The summed E-state index contributed by atoms with van der Waals surface area (Å²) in [6, 6.07) is 0. The Bertz CT molecular complexity index is 121. The largest absolute Gasteiger partial charge is 6.00 e. The van der Waals surface area contributed by atoms with Gasteiger partial charge in [-0.15, -0.1) is 0 Å². The van der Waals surface area contributed by atoms with Gasteiger partial charge >= 0.3 is 106 Å². The Morgan fingerprint density at radius 3 is 0.412 bits per heavy atom. The molecule has 0 unspecified atom stereocenters. The zero-order valence-corrected chi connectivity index (χ0v) is 16.6. The molecule has 2 N–H and O–H groups in total. The molecule has 17 heavy (non-hydrogen) atoms. The van der Waals surface area contributed by atoms with Gasteiger partial charge in [-0.2, -0.15) is 0 Å². The Balaban J connectivity index is -0.00000000167.